The van der Waals surface area contributed by atoms with Gasteiger partial charge in [-0.2, -0.15) is 5.48 Å². The van der Waals surface area contributed by atoms with E-state index in [1.54, 1.807) is 0 Å². The molecule has 2 aliphatic carbocycles. The minimum atomic E-state index is 0.493. The lowest BCUT2D eigenvalue weighted by atomic mass is 9.94. The van der Waals surface area contributed by atoms with Crippen molar-refractivity contribution < 1.29 is 4.84 Å². The van der Waals surface area contributed by atoms with E-state index in [0.717, 1.165) is 12.0 Å². The van der Waals surface area contributed by atoms with Crippen LogP contribution in [0, 0.1) is 5.92 Å². The van der Waals surface area contributed by atoms with Crippen LogP contribution < -0.4 is 10.8 Å². The summed E-state index contributed by atoms with van der Waals surface area (Å²) in [6.07, 6.45) is 12.5. The first-order chi connectivity index (χ1) is 8.43. The highest BCUT2D eigenvalue weighted by Gasteiger charge is 2.35. The Labute approximate surface area is 105 Å². The van der Waals surface area contributed by atoms with Crippen LogP contribution in [0.3, 0.4) is 0 Å². The molecule has 0 aromatic rings. The second-order valence-corrected chi connectivity index (χ2v) is 6.05. The lowest BCUT2D eigenvalue weighted by Gasteiger charge is -2.27. The molecule has 1 heterocycles. The minimum Gasteiger partial charge on any atom is -0.314 e. The predicted octanol–water partition coefficient (Wildman–Crippen LogP) is 2.37. The van der Waals surface area contributed by atoms with Gasteiger partial charge in [0.15, 0.2) is 0 Å². The summed E-state index contributed by atoms with van der Waals surface area (Å²) in [4.78, 5) is 5.90. The number of hydrogen-bond donors (Lipinski definition) is 2. The van der Waals surface area contributed by atoms with Gasteiger partial charge in [0.1, 0.15) is 0 Å². The van der Waals surface area contributed by atoms with E-state index in [4.69, 9.17) is 4.84 Å². The number of hydrogen-bond acceptors (Lipinski definition) is 3. The van der Waals surface area contributed by atoms with E-state index < -0.39 is 0 Å². The van der Waals surface area contributed by atoms with Crippen molar-refractivity contribution in [3.05, 3.63) is 0 Å². The van der Waals surface area contributed by atoms with Gasteiger partial charge in [0, 0.05) is 12.1 Å². The Morgan fingerprint density at radius 3 is 2.53 bits per heavy atom. The molecular formula is C14H26N2O. The van der Waals surface area contributed by atoms with E-state index in [2.05, 4.69) is 10.8 Å². The van der Waals surface area contributed by atoms with E-state index in [-0.39, 0.29) is 0 Å². The van der Waals surface area contributed by atoms with Gasteiger partial charge in [0.05, 0.1) is 6.10 Å². The van der Waals surface area contributed by atoms with Crippen LogP contribution in [0.1, 0.15) is 57.8 Å². The van der Waals surface area contributed by atoms with Gasteiger partial charge >= 0.3 is 0 Å². The van der Waals surface area contributed by atoms with E-state index in [1.807, 2.05) is 0 Å². The summed E-state index contributed by atoms with van der Waals surface area (Å²) in [5, 5.41) is 3.66. The molecule has 98 valence electrons. The highest BCUT2D eigenvalue weighted by atomic mass is 16.7. The monoisotopic (exact) mass is 238 g/mol. The van der Waals surface area contributed by atoms with Gasteiger partial charge in [0.25, 0.3) is 0 Å². The SMILES string of the molecule is C1CCC(ONC2CCCC2C2CCCN2)C1. The zero-order valence-corrected chi connectivity index (χ0v) is 10.8. The summed E-state index contributed by atoms with van der Waals surface area (Å²) >= 11 is 0. The third-order valence-electron chi connectivity index (χ3n) is 4.87. The first kappa shape index (κ1) is 11.9. The molecule has 3 rings (SSSR count). The molecule has 3 heteroatoms. The molecule has 0 bridgehead atoms. The fourth-order valence-corrected chi connectivity index (χ4v) is 3.88. The molecule has 17 heavy (non-hydrogen) atoms. The molecule has 1 aliphatic heterocycles. The quantitative estimate of drug-likeness (QED) is 0.738. The zero-order chi connectivity index (χ0) is 11.5. The second-order valence-electron chi connectivity index (χ2n) is 6.05. The Morgan fingerprint density at radius 2 is 1.76 bits per heavy atom. The first-order valence-electron chi connectivity index (χ1n) is 7.58. The van der Waals surface area contributed by atoms with Gasteiger partial charge in [-0.05, 0) is 51.0 Å². The molecule has 3 fully saturated rings. The van der Waals surface area contributed by atoms with E-state index in [1.165, 1.54) is 64.3 Å². The molecular weight excluding hydrogens is 212 g/mol. The number of nitrogens with one attached hydrogen (secondary N) is 2. The number of rotatable bonds is 4. The lowest BCUT2D eigenvalue weighted by molar-refractivity contribution is -0.0486. The van der Waals surface area contributed by atoms with Crippen LogP contribution in [0.2, 0.25) is 0 Å². The Kier molecular flexibility index (Phi) is 3.99. The molecule has 2 saturated carbocycles. The fourth-order valence-electron chi connectivity index (χ4n) is 3.88. The molecule has 3 atom stereocenters. The van der Waals surface area contributed by atoms with Gasteiger partial charge in [-0.1, -0.05) is 19.3 Å². The van der Waals surface area contributed by atoms with Gasteiger partial charge in [-0.15, -0.1) is 0 Å². The van der Waals surface area contributed by atoms with Crippen LogP contribution in [-0.2, 0) is 4.84 Å². The summed E-state index contributed by atoms with van der Waals surface area (Å²) in [6.45, 7) is 1.22. The highest BCUT2D eigenvalue weighted by molar-refractivity contribution is 4.92. The largest absolute Gasteiger partial charge is 0.314 e. The molecule has 0 aromatic heterocycles. The summed E-state index contributed by atoms with van der Waals surface area (Å²) in [6, 6.07) is 1.35. The van der Waals surface area contributed by atoms with Crippen molar-refractivity contribution in [1.82, 2.24) is 10.8 Å². The van der Waals surface area contributed by atoms with E-state index in [0.29, 0.717) is 12.1 Å². The van der Waals surface area contributed by atoms with Crippen molar-refractivity contribution in [3.8, 4) is 0 Å². The van der Waals surface area contributed by atoms with Crippen LogP contribution in [0.4, 0.5) is 0 Å². The second kappa shape index (κ2) is 5.68. The van der Waals surface area contributed by atoms with Crippen LogP contribution >= 0.6 is 0 Å². The minimum absolute atomic E-state index is 0.493. The van der Waals surface area contributed by atoms with Crippen molar-refractivity contribution in [2.24, 2.45) is 5.92 Å². The first-order valence-corrected chi connectivity index (χ1v) is 7.58. The predicted molar refractivity (Wildman–Crippen MR) is 68.6 cm³/mol. The van der Waals surface area contributed by atoms with Crippen molar-refractivity contribution in [2.75, 3.05) is 6.54 Å². The van der Waals surface area contributed by atoms with Gasteiger partial charge < -0.3 is 5.32 Å². The molecule has 0 aromatic carbocycles. The summed E-state index contributed by atoms with van der Waals surface area (Å²) < 4.78 is 0. The van der Waals surface area contributed by atoms with Crippen molar-refractivity contribution in [1.29, 1.82) is 0 Å². The van der Waals surface area contributed by atoms with Crippen molar-refractivity contribution in [3.63, 3.8) is 0 Å². The topological polar surface area (TPSA) is 33.3 Å². The zero-order valence-electron chi connectivity index (χ0n) is 10.8. The standard InChI is InChI=1S/C14H26N2O/c1-2-6-11(5-1)17-16-14-8-3-7-12(14)13-9-4-10-15-13/h11-16H,1-10H2. The third-order valence-corrected chi connectivity index (χ3v) is 4.87. The molecule has 3 unspecified atom stereocenters. The summed E-state index contributed by atoms with van der Waals surface area (Å²) in [5.74, 6) is 0.805. The third kappa shape index (κ3) is 2.83. The van der Waals surface area contributed by atoms with E-state index >= 15 is 0 Å². The molecule has 3 aliphatic rings. The van der Waals surface area contributed by atoms with E-state index in [9.17, 15) is 0 Å². The van der Waals surface area contributed by atoms with Crippen LogP contribution in [0.5, 0.6) is 0 Å². The van der Waals surface area contributed by atoms with Gasteiger partial charge in [-0.3, -0.25) is 4.84 Å². The normalized spacial score (nSPS) is 39.2. The highest BCUT2D eigenvalue weighted by Crippen LogP contribution is 2.32. The molecule has 3 nitrogen and oxygen atoms in total. The average molecular weight is 238 g/mol. The molecule has 1 saturated heterocycles. The molecule has 2 N–H and O–H groups in total. The molecule has 0 radical (unpaired) electrons. The molecule has 0 amide bonds. The maximum atomic E-state index is 5.90. The Bertz CT molecular complexity index is 234. The maximum Gasteiger partial charge on any atom is 0.0790 e. The van der Waals surface area contributed by atoms with Crippen LogP contribution in [0.25, 0.3) is 0 Å². The van der Waals surface area contributed by atoms with Crippen LogP contribution in [-0.4, -0.2) is 24.7 Å². The van der Waals surface area contributed by atoms with Gasteiger partial charge in [0.2, 0.25) is 0 Å². The summed E-state index contributed by atoms with van der Waals surface area (Å²) in [5.41, 5.74) is 3.41. The van der Waals surface area contributed by atoms with Gasteiger partial charge in [-0.25, -0.2) is 0 Å². The Balaban J connectivity index is 1.47. The van der Waals surface area contributed by atoms with Crippen LogP contribution in [0.15, 0.2) is 0 Å². The summed E-state index contributed by atoms with van der Waals surface area (Å²) in [7, 11) is 0. The Hall–Kier alpha value is -0.120. The average Bonchev–Trinajstić information content (AvgIpc) is 3.09. The fraction of sp³-hybridized carbons (Fsp3) is 1.00. The smallest absolute Gasteiger partial charge is 0.0790 e. The number of hydroxylamine groups is 1. The van der Waals surface area contributed by atoms with Crippen molar-refractivity contribution in [2.45, 2.75) is 76.0 Å². The lowest BCUT2D eigenvalue weighted by Crippen LogP contribution is -2.43. The van der Waals surface area contributed by atoms with Crippen molar-refractivity contribution >= 4 is 0 Å². The maximum absolute atomic E-state index is 5.90. The molecule has 0 spiro atoms. The Morgan fingerprint density at radius 1 is 0.882 bits per heavy atom.